The normalized spacial score (nSPS) is 12.3. The SMILES string of the molecule is CCCCCCCCCCCCC(C(=O)O)c1ccc[n+](C)c1C. The Balaban J connectivity index is 2.26. The fraction of sp³-hybridized carbons (Fsp3) is 0.714. The molecule has 3 nitrogen and oxygen atoms in total. The first-order valence-corrected chi connectivity index (χ1v) is 9.75. The molecule has 1 rings (SSSR count). The lowest BCUT2D eigenvalue weighted by atomic mass is 9.92. The number of hydrogen-bond acceptors (Lipinski definition) is 1. The van der Waals surface area contributed by atoms with E-state index in [1.54, 1.807) is 0 Å². The Kier molecular flexibility index (Phi) is 10.4. The van der Waals surface area contributed by atoms with Crippen LogP contribution in [0, 0.1) is 6.92 Å². The number of rotatable bonds is 13. The highest BCUT2D eigenvalue weighted by molar-refractivity contribution is 5.76. The number of aromatic nitrogens is 1. The van der Waals surface area contributed by atoms with Gasteiger partial charge in [-0.25, -0.2) is 4.57 Å². The Hall–Kier alpha value is -1.38. The number of hydrogen-bond donors (Lipinski definition) is 1. The Morgan fingerprint density at radius 1 is 1.04 bits per heavy atom. The molecule has 0 aromatic carbocycles. The van der Waals surface area contributed by atoms with Crippen molar-refractivity contribution < 1.29 is 14.5 Å². The van der Waals surface area contributed by atoms with Crippen molar-refractivity contribution in [1.82, 2.24) is 0 Å². The molecule has 1 unspecified atom stereocenters. The van der Waals surface area contributed by atoms with Gasteiger partial charge in [-0.05, 0) is 12.5 Å². The molecule has 0 saturated heterocycles. The zero-order valence-corrected chi connectivity index (χ0v) is 15.9. The van der Waals surface area contributed by atoms with Crippen molar-refractivity contribution in [3.05, 3.63) is 29.6 Å². The van der Waals surface area contributed by atoms with Gasteiger partial charge in [-0.1, -0.05) is 71.1 Å². The molecule has 1 heterocycles. The number of carbonyl (C=O) groups is 1. The van der Waals surface area contributed by atoms with Crippen molar-refractivity contribution in [2.75, 3.05) is 0 Å². The molecule has 0 saturated carbocycles. The van der Waals surface area contributed by atoms with Gasteiger partial charge in [0, 0.05) is 18.6 Å². The van der Waals surface area contributed by atoms with Gasteiger partial charge in [0.05, 0.1) is 5.92 Å². The summed E-state index contributed by atoms with van der Waals surface area (Å²) in [5, 5.41) is 9.58. The molecule has 0 amide bonds. The summed E-state index contributed by atoms with van der Waals surface area (Å²) in [5.41, 5.74) is 2.01. The van der Waals surface area contributed by atoms with E-state index < -0.39 is 5.97 Å². The van der Waals surface area contributed by atoms with Crippen LogP contribution < -0.4 is 4.57 Å². The van der Waals surface area contributed by atoms with Crippen LogP contribution in [-0.4, -0.2) is 11.1 Å². The molecule has 0 aliphatic rings. The van der Waals surface area contributed by atoms with Crippen molar-refractivity contribution >= 4 is 5.97 Å². The first-order valence-electron chi connectivity index (χ1n) is 9.75. The van der Waals surface area contributed by atoms with Gasteiger partial charge in [-0.2, -0.15) is 0 Å². The van der Waals surface area contributed by atoms with Gasteiger partial charge in [0.1, 0.15) is 7.05 Å². The molecule has 3 heteroatoms. The molecule has 0 aliphatic heterocycles. The summed E-state index contributed by atoms with van der Waals surface area (Å²) < 4.78 is 2.00. The van der Waals surface area contributed by atoms with E-state index in [1.807, 2.05) is 36.9 Å². The Bertz CT molecular complexity index is 485. The number of pyridine rings is 1. The second kappa shape index (κ2) is 12.0. The van der Waals surface area contributed by atoms with E-state index in [-0.39, 0.29) is 5.92 Å². The van der Waals surface area contributed by atoms with E-state index >= 15 is 0 Å². The van der Waals surface area contributed by atoms with Crippen molar-refractivity contribution in [2.24, 2.45) is 7.05 Å². The topological polar surface area (TPSA) is 41.2 Å². The van der Waals surface area contributed by atoms with Crippen LogP contribution in [-0.2, 0) is 11.8 Å². The van der Waals surface area contributed by atoms with Crippen LogP contribution in [0.3, 0.4) is 0 Å². The van der Waals surface area contributed by atoms with E-state index in [4.69, 9.17) is 0 Å². The summed E-state index contributed by atoms with van der Waals surface area (Å²) in [7, 11) is 1.97. The highest BCUT2D eigenvalue weighted by Gasteiger charge is 2.24. The zero-order chi connectivity index (χ0) is 17.8. The largest absolute Gasteiger partial charge is 0.481 e. The van der Waals surface area contributed by atoms with Gasteiger partial charge in [0.25, 0.3) is 0 Å². The zero-order valence-electron chi connectivity index (χ0n) is 15.9. The number of aliphatic carboxylic acids is 1. The van der Waals surface area contributed by atoms with Crippen LogP contribution in [0.1, 0.15) is 94.7 Å². The molecule has 0 spiro atoms. The third-order valence-corrected chi connectivity index (χ3v) is 5.05. The number of aryl methyl sites for hydroxylation is 1. The summed E-state index contributed by atoms with van der Waals surface area (Å²) in [6.45, 7) is 4.26. The Morgan fingerprint density at radius 2 is 1.58 bits per heavy atom. The van der Waals surface area contributed by atoms with Crippen molar-refractivity contribution in [3.63, 3.8) is 0 Å². The maximum absolute atomic E-state index is 11.6. The molecule has 136 valence electrons. The van der Waals surface area contributed by atoms with Crippen molar-refractivity contribution in [1.29, 1.82) is 0 Å². The second-order valence-corrected chi connectivity index (χ2v) is 7.02. The summed E-state index contributed by atoms with van der Waals surface area (Å²) >= 11 is 0. The fourth-order valence-electron chi connectivity index (χ4n) is 3.33. The predicted octanol–water partition coefficient (Wildman–Crippen LogP) is 5.30. The summed E-state index contributed by atoms with van der Waals surface area (Å²) in [5.74, 6) is -1.06. The lowest BCUT2D eigenvalue weighted by molar-refractivity contribution is -0.678. The minimum atomic E-state index is -0.694. The second-order valence-electron chi connectivity index (χ2n) is 7.02. The van der Waals surface area contributed by atoms with Crippen LogP contribution in [0.15, 0.2) is 18.3 Å². The highest BCUT2D eigenvalue weighted by Crippen LogP contribution is 2.24. The molecule has 0 fully saturated rings. The van der Waals surface area contributed by atoms with Crippen LogP contribution >= 0.6 is 0 Å². The maximum Gasteiger partial charge on any atom is 0.311 e. The Morgan fingerprint density at radius 3 is 2.12 bits per heavy atom. The average molecular weight is 335 g/mol. The summed E-state index contributed by atoms with van der Waals surface area (Å²) in [6.07, 6.45) is 15.5. The lowest BCUT2D eigenvalue weighted by Crippen LogP contribution is -2.33. The molecule has 1 N–H and O–H groups in total. The molecule has 0 radical (unpaired) electrons. The quantitative estimate of drug-likeness (QED) is 0.393. The number of nitrogens with zero attached hydrogens (tertiary/aromatic N) is 1. The number of carboxylic acids is 1. The minimum Gasteiger partial charge on any atom is -0.481 e. The molecule has 0 bridgehead atoms. The maximum atomic E-state index is 11.6. The van der Waals surface area contributed by atoms with E-state index in [9.17, 15) is 9.90 Å². The fourth-order valence-corrected chi connectivity index (χ4v) is 3.33. The summed E-state index contributed by atoms with van der Waals surface area (Å²) in [6, 6.07) is 3.90. The van der Waals surface area contributed by atoms with Gasteiger partial charge >= 0.3 is 5.97 Å². The first kappa shape index (κ1) is 20.7. The van der Waals surface area contributed by atoms with Crippen LogP contribution in [0.2, 0.25) is 0 Å². The third-order valence-electron chi connectivity index (χ3n) is 5.05. The molecule has 24 heavy (non-hydrogen) atoms. The minimum absolute atomic E-state index is 0.369. The Labute approximate surface area is 148 Å². The van der Waals surface area contributed by atoms with Gasteiger partial charge < -0.3 is 5.11 Å². The molecule has 1 aromatic rings. The smallest absolute Gasteiger partial charge is 0.311 e. The highest BCUT2D eigenvalue weighted by atomic mass is 16.4. The monoisotopic (exact) mass is 334 g/mol. The van der Waals surface area contributed by atoms with Gasteiger partial charge in [-0.3, -0.25) is 4.79 Å². The van der Waals surface area contributed by atoms with Gasteiger partial charge in [0.15, 0.2) is 11.9 Å². The first-order chi connectivity index (χ1) is 11.6. The van der Waals surface area contributed by atoms with Gasteiger partial charge in [-0.15, -0.1) is 0 Å². The van der Waals surface area contributed by atoms with E-state index in [1.165, 1.54) is 51.4 Å². The van der Waals surface area contributed by atoms with Crippen LogP contribution in [0.25, 0.3) is 0 Å². The van der Waals surface area contributed by atoms with Crippen LogP contribution in [0.5, 0.6) is 0 Å². The van der Waals surface area contributed by atoms with Crippen molar-refractivity contribution in [3.8, 4) is 0 Å². The lowest BCUT2D eigenvalue weighted by Gasteiger charge is -2.13. The molecular formula is C21H36NO2+. The third kappa shape index (κ3) is 7.46. The molecular weight excluding hydrogens is 298 g/mol. The molecule has 0 aliphatic carbocycles. The van der Waals surface area contributed by atoms with E-state index in [0.717, 1.165) is 30.5 Å². The number of carboxylic acid groups (broad SMARTS) is 1. The van der Waals surface area contributed by atoms with Gasteiger partial charge in [0.2, 0.25) is 0 Å². The molecule has 1 aromatic heterocycles. The summed E-state index contributed by atoms with van der Waals surface area (Å²) in [4.78, 5) is 11.6. The van der Waals surface area contributed by atoms with E-state index in [2.05, 4.69) is 6.92 Å². The van der Waals surface area contributed by atoms with Crippen LogP contribution in [0.4, 0.5) is 0 Å². The molecule has 1 atom stereocenters. The standard InChI is InChI=1S/C21H35NO2/c1-4-5-6-7-8-9-10-11-12-13-15-20(21(23)24)19-16-14-17-22(3)18(19)2/h14,16-17,20H,4-13,15H2,1-3H3/p+1. The predicted molar refractivity (Wildman–Crippen MR) is 99.2 cm³/mol. The van der Waals surface area contributed by atoms with Crippen molar-refractivity contribution in [2.45, 2.75) is 90.4 Å². The van der Waals surface area contributed by atoms with E-state index in [0.29, 0.717) is 0 Å². The average Bonchev–Trinajstić information content (AvgIpc) is 2.55. The number of unbranched alkanes of at least 4 members (excludes halogenated alkanes) is 9.